The highest BCUT2D eigenvalue weighted by Gasteiger charge is 1.40. The Morgan fingerprint density at radius 3 is 2.00 bits per heavy atom. The first-order valence-electron chi connectivity index (χ1n) is 0.668. The van der Waals surface area contributed by atoms with Gasteiger partial charge in [-0.3, -0.25) is 0 Å². The molecule has 0 aromatic carbocycles. The predicted octanol–water partition coefficient (Wildman–Crippen LogP) is 1.71. The van der Waals surface area contributed by atoms with E-state index in [1.807, 2.05) is 0 Å². The number of rotatable bonds is 0. The monoisotopic (exact) mass is 204 g/mol. The number of halogens is 1. The Morgan fingerprint density at radius 2 is 2.00 bits per heavy atom. The van der Waals surface area contributed by atoms with Crippen molar-refractivity contribution in [3.8, 4) is 0 Å². The second-order valence-electron chi connectivity index (χ2n) is 0.318. The molecule has 0 amide bonds. The lowest BCUT2D eigenvalue weighted by Gasteiger charge is -1.43. The molecule has 1 unspecified atom stereocenters. The molecular formula is CH2IPS. The van der Waals surface area contributed by atoms with Crippen LogP contribution >= 0.6 is 26.0 Å². The van der Waals surface area contributed by atoms with Gasteiger partial charge in [0.05, 0.1) is 0 Å². The van der Waals surface area contributed by atoms with E-state index < -0.39 is 0 Å². The maximum absolute atomic E-state index is 4.56. The van der Waals surface area contributed by atoms with E-state index >= 15 is 0 Å². The van der Waals surface area contributed by atoms with Gasteiger partial charge in [-0.2, -0.15) is 0 Å². The van der Waals surface area contributed by atoms with Crippen molar-refractivity contribution in [2.24, 2.45) is 0 Å². The van der Waals surface area contributed by atoms with Crippen LogP contribution in [0.25, 0.3) is 0 Å². The van der Waals surface area contributed by atoms with Gasteiger partial charge in [-0.1, -0.05) is 18.1 Å². The first-order valence-corrected chi connectivity index (χ1v) is 5.99. The quantitative estimate of drug-likeness (QED) is 0.427. The lowest BCUT2D eigenvalue weighted by Crippen LogP contribution is -0.951. The highest BCUT2D eigenvalue weighted by atomic mass is 127. The van der Waals surface area contributed by atoms with E-state index in [0.717, 1.165) is 0 Å². The minimum Gasteiger partial charge on any atom is -0.0592 e. The summed E-state index contributed by atoms with van der Waals surface area (Å²) in [5.41, 5.74) is 0. The standard InChI is InChI=1S/CH2IPS/c1-3(2)4/h1H2. The van der Waals surface area contributed by atoms with Crippen LogP contribution < -0.4 is 0 Å². The molecule has 0 fully saturated rings. The lowest BCUT2D eigenvalue weighted by atomic mass is 12.0. The molecule has 0 spiro atoms. The third-order valence-electron chi connectivity index (χ3n) is 0. The fourth-order valence-corrected chi connectivity index (χ4v) is 0. The van der Waals surface area contributed by atoms with Crippen LogP contribution in [-0.4, -0.2) is 6.30 Å². The fraction of sp³-hybridized carbons (Fsp3) is 0. The normalized spacial score (nSPS) is 10.8. The Balaban J connectivity index is 3.51. The van der Waals surface area contributed by atoms with Crippen LogP contribution in [0.5, 0.6) is 0 Å². The molecule has 0 nitrogen and oxygen atoms in total. The average Bonchev–Trinajstić information content (AvgIpc) is 0.811. The van der Waals surface area contributed by atoms with Gasteiger partial charge in [-0.25, -0.2) is 0 Å². The van der Waals surface area contributed by atoms with Crippen molar-refractivity contribution in [2.45, 2.75) is 0 Å². The summed E-state index contributed by atoms with van der Waals surface area (Å²) >= 11 is 6.67. The molecule has 3 heteroatoms. The van der Waals surface area contributed by atoms with E-state index in [0.29, 0.717) is 0 Å². The SMILES string of the molecule is C=P(=S)I. The van der Waals surface area contributed by atoms with Crippen LogP contribution in [0, 0.1) is 0 Å². The van der Waals surface area contributed by atoms with E-state index in [2.05, 4.69) is 40.1 Å². The minimum absolute atomic E-state index is 0.317. The highest BCUT2D eigenvalue weighted by Crippen LogP contribution is 2.12. The van der Waals surface area contributed by atoms with Gasteiger partial charge < -0.3 is 0 Å². The van der Waals surface area contributed by atoms with Gasteiger partial charge >= 0.3 is 0 Å². The highest BCUT2D eigenvalue weighted by molar-refractivity contribution is 14.2. The number of hydrogen-bond donors (Lipinski definition) is 0. The molecule has 0 heterocycles. The summed E-state index contributed by atoms with van der Waals surface area (Å²) in [6.07, 6.45) is 3.51. The van der Waals surface area contributed by atoms with Crippen LogP contribution in [0.15, 0.2) is 0 Å². The summed E-state index contributed by atoms with van der Waals surface area (Å²) in [4.78, 5) is 0. The van der Waals surface area contributed by atoms with Gasteiger partial charge in [0.2, 0.25) is 0 Å². The molecule has 0 aromatic heterocycles. The molecule has 0 rings (SSSR count). The number of hydrogen-bond acceptors (Lipinski definition) is 1. The van der Waals surface area contributed by atoms with Gasteiger partial charge in [0.25, 0.3) is 0 Å². The zero-order chi connectivity index (χ0) is 3.58. The van der Waals surface area contributed by atoms with Crippen LogP contribution in [-0.2, 0) is 11.8 Å². The molecule has 1 atom stereocenters. The van der Waals surface area contributed by atoms with Crippen molar-refractivity contribution in [1.29, 1.82) is 0 Å². The molecule has 0 saturated heterocycles. The van der Waals surface area contributed by atoms with Gasteiger partial charge in [-0.05, 0) is 22.0 Å². The topological polar surface area (TPSA) is 0 Å². The maximum Gasteiger partial charge on any atom is 0.0000828 e. The second kappa shape index (κ2) is 2.36. The molecule has 0 radical (unpaired) electrons. The summed E-state index contributed by atoms with van der Waals surface area (Å²) in [6.45, 7) is 0. The van der Waals surface area contributed by atoms with E-state index in [-0.39, 0.29) is 3.96 Å². The lowest BCUT2D eigenvalue weighted by molar-refractivity contribution is 4.74. The van der Waals surface area contributed by atoms with Gasteiger partial charge in [0, 0.05) is 3.96 Å². The van der Waals surface area contributed by atoms with E-state index in [4.69, 9.17) is 0 Å². The zero-order valence-corrected chi connectivity index (χ0v) is 5.81. The molecule has 0 aliphatic carbocycles. The first kappa shape index (κ1) is 5.12. The Labute approximate surface area is 44.1 Å². The maximum atomic E-state index is 4.56. The summed E-state index contributed by atoms with van der Waals surface area (Å²) in [6, 6.07) is 0. The summed E-state index contributed by atoms with van der Waals surface area (Å²) < 4.78 is -0.317. The van der Waals surface area contributed by atoms with E-state index in [9.17, 15) is 0 Å². The summed E-state index contributed by atoms with van der Waals surface area (Å²) in [5.74, 6) is 0. The zero-order valence-electron chi connectivity index (χ0n) is 1.94. The molecule has 24 valence electrons. The fourth-order valence-electron chi connectivity index (χ4n) is 0. The Kier molecular flexibility index (Phi) is 3.02. The average molecular weight is 204 g/mol. The summed E-state index contributed by atoms with van der Waals surface area (Å²) in [7, 11) is 0. The van der Waals surface area contributed by atoms with Crippen LogP contribution in [0.1, 0.15) is 0 Å². The smallest absolute Gasteiger partial charge is 0.0000828 e. The van der Waals surface area contributed by atoms with Crippen molar-refractivity contribution in [2.75, 3.05) is 0 Å². The first-order chi connectivity index (χ1) is 1.73. The summed E-state index contributed by atoms with van der Waals surface area (Å²) in [5, 5.41) is 0. The van der Waals surface area contributed by atoms with Crippen molar-refractivity contribution < 1.29 is 0 Å². The van der Waals surface area contributed by atoms with Gasteiger partial charge in [-0.15, -0.1) is 0 Å². The Bertz CT molecular complexity index is 56.4. The van der Waals surface area contributed by atoms with Crippen molar-refractivity contribution >= 4 is 44.1 Å². The molecule has 0 aromatic rings. The molecule has 0 N–H and O–H groups in total. The molecule has 4 heavy (non-hydrogen) atoms. The molecule has 0 aliphatic rings. The molecule has 0 saturated carbocycles. The predicted molar refractivity (Wildman–Crippen MR) is 35.4 cm³/mol. The molecule has 0 bridgehead atoms. The van der Waals surface area contributed by atoms with Gasteiger partial charge in [0.15, 0.2) is 0 Å². The molecule has 0 aliphatic heterocycles. The molecular weight excluding hydrogens is 202 g/mol. The third kappa shape index (κ3) is 11.2. The van der Waals surface area contributed by atoms with Crippen LogP contribution in [0.3, 0.4) is 0 Å². The van der Waals surface area contributed by atoms with Gasteiger partial charge in [0.1, 0.15) is 0 Å². The Morgan fingerprint density at radius 1 is 2.00 bits per heavy atom. The van der Waals surface area contributed by atoms with E-state index in [1.54, 1.807) is 0 Å². The Hall–Kier alpha value is 1.12. The van der Waals surface area contributed by atoms with Crippen molar-refractivity contribution in [3.05, 3.63) is 0 Å². The van der Waals surface area contributed by atoms with Crippen LogP contribution in [0.2, 0.25) is 0 Å². The third-order valence-corrected chi connectivity index (χ3v) is 0. The second-order valence-corrected chi connectivity index (χ2v) is 7.73. The van der Waals surface area contributed by atoms with E-state index in [1.165, 1.54) is 0 Å². The minimum atomic E-state index is -0.317. The largest absolute Gasteiger partial charge is 0.0592 e. The van der Waals surface area contributed by atoms with Crippen molar-refractivity contribution in [1.82, 2.24) is 0 Å². The van der Waals surface area contributed by atoms with Crippen LogP contribution in [0.4, 0.5) is 0 Å². The van der Waals surface area contributed by atoms with Crippen molar-refractivity contribution in [3.63, 3.8) is 0 Å².